The molecule has 2 rings (SSSR count). The summed E-state index contributed by atoms with van der Waals surface area (Å²) in [5.41, 5.74) is 0.663. The van der Waals surface area contributed by atoms with Crippen LogP contribution in [-0.4, -0.2) is 34.6 Å². The van der Waals surface area contributed by atoms with Gasteiger partial charge in [0.05, 0.1) is 17.7 Å². The van der Waals surface area contributed by atoms with Crippen LogP contribution in [0.15, 0.2) is 24.3 Å². The molecule has 1 aromatic carbocycles. The van der Waals surface area contributed by atoms with Crippen LogP contribution in [0.3, 0.4) is 0 Å². The first kappa shape index (κ1) is 13.2. The highest BCUT2D eigenvalue weighted by molar-refractivity contribution is 6.20. The minimum absolute atomic E-state index is 0.0471. The van der Waals surface area contributed by atoms with Gasteiger partial charge in [0.25, 0.3) is 11.8 Å². The van der Waals surface area contributed by atoms with E-state index in [1.54, 1.807) is 24.3 Å². The Labute approximate surface area is 109 Å². The topological polar surface area (TPSA) is 83.9 Å². The summed E-state index contributed by atoms with van der Waals surface area (Å²) in [5.74, 6) is -1.82. The van der Waals surface area contributed by atoms with Crippen molar-refractivity contribution in [2.45, 2.75) is 19.3 Å². The SMILES string of the molecule is O=C(O)CCCCON1C(=O)c2ccccc2C1=O. The lowest BCUT2D eigenvalue weighted by Crippen LogP contribution is -2.30. The van der Waals surface area contributed by atoms with Gasteiger partial charge < -0.3 is 5.11 Å². The number of nitrogens with zero attached hydrogens (tertiary/aromatic N) is 1. The summed E-state index contributed by atoms with van der Waals surface area (Å²) in [6, 6.07) is 6.51. The van der Waals surface area contributed by atoms with Gasteiger partial charge in [-0.25, -0.2) is 0 Å². The molecule has 0 unspecified atom stereocenters. The van der Waals surface area contributed by atoms with Crippen molar-refractivity contribution in [2.75, 3.05) is 6.61 Å². The number of carbonyl (C=O) groups is 3. The number of amides is 2. The largest absolute Gasteiger partial charge is 0.481 e. The molecule has 1 N–H and O–H groups in total. The van der Waals surface area contributed by atoms with Crippen LogP contribution < -0.4 is 0 Å². The molecule has 0 atom stereocenters. The molecule has 2 amide bonds. The molecule has 0 saturated heterocycles. The van der Waals surface area contributed by atoms with Crippen LogP contribution in [0.2, 0.25) is 0 Å². The monoisotopic (exact) mass is 263 g/mol. The predicted molar refractivity (Wildman–Crippen MR) is 64.4 cm³/mol. The summed E-state index contributed by atoms with van der Waals surface area (Å²) in [7, 11) is 0. The van der Waals surface area contributed by atoms with Gasteiger partial charge in [0.1, 0.15) is 0 Å². The van der Waals surface area contributed by atoms with Gasteiger partial charge in [-0.15, -0.1) is 5.06 Å². The highest BCUT2D eigenvalue weighted by Gasteiger charge is 2.36. The average molecular weight is 263 g/mol. The molecular formula is C13H13NO5. The van der Waals surface area contributed by atoms with E-state index in [-0.39, 0.29) is 13.0 Å². The number of fused-ring (bicyclic) bond motifs is 1. The van der Waals surface area contributed by atoms with Crippen molar-refractivity contribution >= 4 is 17.8 Å². The van der Waals surface area contributed by atoms with Crippen LogP contribution in [-0.2, 0) is 9.63 Å². The third-order valence-electron chi connectivity index (χ3n) is 2.76. The van der Waals surface area contributed by atoms with E-state index in [9.17, 15) is 14.4 Å². The molecule has 1 aromatic rings. The Kier molecular flexibility index (Phi) is 3.91. The van der Waals surface area contributed by atoms with Crippen LogP contribution in [0.25, 0.3) is 0 Å². The number of benzene rings is 1. The molecule has 100 valence electrons. The molecule has 0 radical (unpaired) electrons. The van der Waals surface area contributed by atoms with E-state index in [0.717, 1.165) is 5.06 Å². The van der Waals surface area contributed by atoms with E-state index in [1.807, 2.05) is 0 Å². The molecule has 0 aliphatic carbocycles. The van der Waals surface area contributed by atoms with Gasteiger partial charge in [-0.1, -0.05) is 12.1 Å². The first-order valence-corrected chi connectivity index (χ1v) is 5.94. The second kappa shape index (κ2) is 5.62. The van der Waals surface area contributed by atoms with Crippen molar-refractivity contribution in [2.24, 2.45) is 0 Å². The molecule has 0 spiro atoms. The zero-order valence-corrected chi connectivity index (χ0v) is 10.2. The molecule has 1 aliphatic heterocycles. The molecule has 19 heavy (non-hydrogen) atoms. The summed E-state index contributed by atoms with van der Waals surface area (Å²) in [6.07, 6.45) is 0.962. The Morgan fingerprint density at radius 1 is 1.11 bits per heavy atom. The molecule has 0 fully saturated rings. The van der Waals surface area contributed by atoms with Gasteiger partial charge in [-0.05, 0) is 25.0 Å². The van der Waals surface area contributed by atoms with Crippen molar-refractivity contribution in [1.82, 2.24) is 5.06 Å². The fourth-order valence-electron chi connectivity index (χ4n) is 1.82. The van der Waals surface area contributed by atoms with E-state index in [0.29, 0.717) is 24.0 Å². The van der Waals surface area contributed by atoms with Crippen LogP contribution in [0.5, 0.6) is 0 Å². The Bertz CT molecular complexity index is 491. The van der Waals surface area contributed by atoms with Crippen LogP contribution in [0.4, 0.5) is 0 Å². The summed E-state index contributed by atoms with van der Waals surface area (Å²) < 4.78 is 0. The number of imide groups is 1. The lowest BCUT2D eigenvalue weighted by Gasteiger charge is -2.12. The second-order valence-corrected chi connectivity index (χ2v) is 4.13. The fraction of sp³-hybridized carbons (Fsp3) is 0.308. The van der Waals surface area contributed by atoms with E-state index in [1.165, 1.54) is 0 Å². The van der Waals surface area contributed by atoms with Crippen molar-refractivity contribution in [3.63, 3.8) is 0 Å². The van der Waals surface area contributed by atoms with Crippen LogP contribution in [0, 0.1) is 0 Å². The molecule has 0 bridgehead atoms. The molecule has 0 saturated carbocycles. The highest BCUT2D eigenvalue weighted by Crippen LogP contribution is 2.22. The third-order valence-corrected chi connectivity index (χ3v) is 2.76. The Morgan fingerprint density at radius 3 is 2.21 bits per heavy atom. The van der Waals surface area contributed by atoms with Crippen molar-refractivity contribution < 1.29 is 24.3 Å². The number of carboxylic acid groups (broad SMARTS) is 1. The van der Waals surface area contributed by atoms with Gasteiger partial charge in [-0.2, -0.15) is 0 Å². The van der Waals surface area contributed by atoms with E-state index < -0.39 is 17.8 Å². The lowest BCUT2D eigenvalue weighted by molar-refractivity contribution is -0.137. The second-order valence-electron chi connectivity index (χ2n) is 4.13. The number of hydrogen-bond acceptors (Lipinski definition) is 4. The van der Waals surface area contributed by atoms with E-state index >= 15 is 0 Å². The maximum atomic E-state index is 11.9. The first-order valence-electron chi connectivity index (χ1n) is 5.94. The van der Waals surface area contributed by atoms with Gasteiger partial charge in [0.15, 0.2) is 0 Å². The number of carbonyl (C=O) groups excluding carboxylic acids is 2. The Hall–Kier alpha value is -2.21. The zero-order valence-electron chi connectivity index (χ0n) is 10.2. The van der Waals surface area contributed by atoms with Crippen molar-refractivity contribution in [1.29, 1.82) is 0 Å². The fourth-order valence-corrected chi connectivity index (χ4v) is 1.82. The standard InChI is InChI=1S/C13H13NO5/c15-11(16)7-3-4-8-19-14-12(17)9-5-1-2-6-10(9)13(14)18/h1-2,5-6H,3-4,7-8H2,(H,15,16). The minimum Gasteiger partial charge on any atom is -0.481 e. The van der Waals surface area contributed by atoms with Gasteiger partial charge in [0.2, 0.25) is 0 Å². The number of hydroxylamine groups is 2. The molecule has 1 aliphatic rings. The van der Waals surface area contributed by atoms with Gasteiger partial charge >= 0.3 is 5.97 Å². The highest BCUT2D eigenvalue weighted by atomic mass is 16.7. The number of hydrogen-bond donors (Lipinski definition) is 1. The first-order chi connectivity index (χ1) is 9.11. The Morgan fingerprint density at radius 2 is 1.68 bits per heavy atom. The van der Waals surface area contributed by atoms with Crippen LogP contribution in [0.1, 0.15) is 40.0 Å². The van der Waals surface area contributed by atoms with Crippen LogP contribution >= 0.6 is 0 Å². The summed E-state index contributed by atoms with van der Waals surface area (Å²) in [6.45, 7) is 0.138. The molecule has 6 heteroatoms. The lowest BCUT2D eigenvalue weighted by atomic mass is 10.1. The summed E-state index contributed by atoms with van der Waals surface area (Å²) in [5, 5.41) is 9.21. The summed E-state index contributed by atoms with van der Waals surface area (Å²) >= 11 is 0. The van der Waals surface area contributed by atoms with E-state index in [4.69, 9.17) is 9.94 Å². The van der Waals surface area contributed by atoms with Crippen molar-refractivity contribution in [3.05, 3.63) is 35.4 Å². The molecule has 0 aromatic heterocycles. The molecule has 1 heterocycles. The summed E-state index contributed by atoms with van der Waals surface area (Å²) in [4.78, 5) is 39.2. The van der Waals surface area contributed by atoms with Gasteiger partial charge in [0, 0.05) is 6.42 Å². The number of carboxylic acids is 1. The maximum absolute atomic E-state index is 11.9. The predicted octanol–water partition coefficient (Wildman–Crippen LogP) is 1.47. The van der Waals surface area contributed by atoms with Gasteiger partial charge in [-0.3, -0.25) is 19.2 Å². The molecular weight excluding hydrogens is 250 g/mol. The third kappa shape index (κ3) is 2.79. The number of rotatable bonds is 6. The normalized spacial score (nSPS) is 13.8. The smallest absolute Gasteiger partial charge is 0.303 e. The van der Waals surface area contributed by atoms with E-state index in [2.05, 4.69) is 0 Å². The number of unbranched alkanes of at least 4 members (excludes halogenated alkanes) is 1. The minimum atomic E-state index is -0.874. The quantitative estimate of drug-likeness (QED) is 0.620. The van der Waals surface area contributed by atoms with Crippen molar-refractivity contribution in [3.8, 4) is 0 Å². The molecule has 6 nitrogen and oxygen atoms in total. The zero-order chi connectivity index (χ0) is 13.8. The maximum Gasteiger partial charge on any atom is 0.303 e. The Balaban J connectivity index is 1.88. The average Bonchev–Trinajstić information content (AvgIpc) is 2.63. The number of aliphatic carboxylic acids is 1.